The molecule has 8 rings (SSSR count). The minimum absolute atomic E-state index is 0.824. The van der Waals surface area contributed by atoms with Crippen molar-refractivity contribution < 1.29 is 0 Å². The summed E-state index contributed by atoms with van der Waals surface area (Å²) in [6.07, 6.45) is 7.53. The van der Waals surface area contributed by atoms with Crippen LogP contribution in [0.5, 0.6) is 0 Å². The van der Waals surface area contributed by atoms with E-state index in [1.165, 1.54) is 11.1 Å². The van der Waals surface area contributed by atoms with Crippen molar-refractivity contribution in [3.05, 3.63) is 121 Å². The fourth-order valence-corrected chi connectivity index (χ4v) is 5.79. The standard InChI is InChI=1S/C34H24N6/c1-21-7-13-29-25(17-21)33-31(5-3-15-35-33)39(29)23-9-11-27(37-19-23)28-12-10-24(20-38-28)40-30-14-8-22(2)18-26(30)34-32(40)6-4-16-36-34/h3-20H,1-2H3. The number of rotatable bonds is 3. The highest BCUT2D eigenvalue weighted by Gasteiger charge is 2.15. The molecule has 0 aliphatic carbocycles. The predicted octanol–water partition coefficient (Wildman–Crippen LogP) is 7.74. The molecule has 6 nitrogen and oxygen atoms in total. The largest absolute Gasteiger partial charge is 0.306 e. The van der Waals surface area contributed by atoms with E-state index in [1.54, 1.807) is 0 Å². The van der Waals surface area contributed by atoms with Gasteiger partial charge in [0, 0.05) is 23.2 Å². The van der Waals surface area contributed by atoms with Gasteiger partial charge in [-0.3, -0.25) is 19.9 Å². The Kier molecular flexibility index (Phi) is 4.85. The first-order valence-corrected chi connectivity index (χ1v) is 13.3. The van der Waals surface area contributed by atoms with Crippen LogP contribution in [0, 0.1) is 13.8 Å². The second kappa shape index (κ2) is 8.58. The summed E-state index contributed by atoms with van der Waals surface area (Å²) in [4.78, 5) is 19.0. The molecule has 40 heavy (non-hydrogen) atoms. The summed E-state index contributed by atoms with van der Waals surface area (Å²) < 4.78 is 4.45. The van der Waals surface area contributed by atoms with Crippen LogP contribution in [0.4, 0.5) is 0 Å². The Morgan fingerprint density at radius 1 is 0.475 bits per heavy atom. The maximum absolute atomic E-state index is 4.82. The molecule has 0 bridgehead atoms. The normalized spacial score (nSPS) is 11.8. The van der Waals surface area contributed by atoms with Crippen molar-refractivity contribution in [2.24, 2.45) is 0 Å². The molecule has 6 heteroatoms. The van der Waals surface area contributed by atoms with E-state index in [4.69, 9.17) is 9.97 Å². The van der Waals surface area contributed by atoms with Gasteiger partial charge in [0.2, 0.25) is 0 Å². The molecule has 0 N–H and O–H groups in total. The van der Waals surface area contributed by atoms with Crippen molar-refractivity contribution in [2.45, 2.75) is 13.8 Å². The van der Waals surface area contributed by atoms with Crippen LogP contribution in [-0.4, -0.2) is 29.1 Å². The van der Waals surface area contributed by atoms with E-state index in [1.807, 2.05) is 49.1 Å². The Morgan fingerprint density at radius 3 is 1.38 bits per heavy atom. The molecule has 0 aliphatic rings. The second-order valence-corrected chi connectivity index (χ2v) is 10.3. The number of fused-ring (bicyclic) bond motifs is 6. The van der Waals surface area contributed by atoms with Crippen LogP contribution in [0.15, 0.2) is 110 Å². The third kappa shape index (κ3) is 3.36. The Morgan fingerprint density at radius 2 is 0.950 bits per heavy atom. The number of aromatic nitrogens is 6. The summed E-state index contributed by atoms with van der Waals surface area (Å²) in [6, 6.07) is 29.4. The SMILES string of the molecule is Cc1ccc2c(c1)c1ncccc1n2-c1ccc(-c2ccc(-n3c4ccc(C)cc4c4ncccc43)cn2)nc1. The number of benzene rings is 2. The number of hydrogen-bond donors (Lipinski definition) is 0. The second-order valence-electron chi connectivity index (χ2n) is 10.3. The molecular formula is C34H24N6. The Hall–Kier alpha value is -5.36. The number of nitrogens with zero attached hydrogens (tertiary/aromatic N) is 6. The topological polar surface area (TPSA) is 61.4 Å². The van der Waals surface area contributed by atoms with E-state index in [9.17, 15) is 0 Å². The van der Waals surface area contributed by atoms with E-state index >= 15 is 0 Å². The smallest absolute Gasteiger partial charge is 0.0963 e. The number of aryl methyl sites for hydroxylation is 2. The molecule has 0 radical (unpaired) electrons. The zero-order chi connectivity index (χ0) is 26.8. The van der Waals surface area contributed by atoms with Crippen LogP contribution in [0.1, 0.15) is 11.1 Å². The summed E-state index contributed by atoms with van der Waals surface area (Å²) >= 11 is 0. The minimum Gasteiger partial charge on any atom is -0.306 e. The Bertz CT molecular complexity index is 2060. The molecule has 2 aromatic carbocycles. The summed E-state index contributed by atoms with van der Waals surface area (Å²) in [7, 11) is 0. The highest BCUT2D eigenvalue weighted by molar-refractivity contribution is 6.08. The highest BCUT2D eigenvalue weighted by Crippen LogP contribution is 2.33. The van der Waals surface area contributed by atoms with Gasteiger partial charge in [-0.15, -0.1) is 0 Å². The van der Waals surface area contributed by atoms with Crippen molar-refractivity contribution in [1.29, 1.82) is 0 Å². The molecule has 0 saturated heterocycles. The average Bonchev–Trinajstić information content (AvgIpc) is 3.50. The molecule has 8 aromatic rings. The van der Waals surface area contributed by atoms with Crippen molar-refractivity contribution >= 4 is 43.9 Å². The van der Waals surface area contributed by atoms with E-state index in [-0.39, 0.29) is 0 Å². The van der Waals surface area contributed by atoms with Crippen LogP contribution >= 0.6 is 0 Å². The molecule has 6 heterocycles. The molecule has 0 unspecified atom stereocenters. The van der Waals surface area contributed by atoms with Crippen molar-refractivity contribution in [3.63, 3.8) is 0 Å². The van der Waals surface area contributed by atoms with Gasteiger partial charge < -0.3 is 9.13 Å². The lowest BCUT2D eigenvalue weighted by Crippen LogP contribution is -1.98. The van der Waals surface area contributed by atoms with E-state index in [0.717, 1.165) is 66.6 Å². The zero-order valence-corrected chi connectivity index (χ0v) is 22.1. The van der Waals surface area contributed by atoms with Gasteiger partial charge in [0.1, 0.15) is 0 Å². The van der Waals surface area contributed by atoms with E-state index < -0.39 is 0 Å². The van der Waals surface area contributed by atoms with Crippen LogP contribution in [0.25, 0.3) is 66.6 Å². The van der Waals surface area contributed by atoms with Gasteiger partial charge in [0.05, 0.1) is 68.3 Å². The first-order chi connectivity index (χ1) is 19.7. The zero-order valence-electron chi connectivity index (χ0n) is 22.1. The lowest BCUT2D eigenvalue weighted by atomic mass is 10.1. The van der Waals surface area contributed by atoms with E-state index in [2.05, 4.69) is 93.6 Å². The van der Waals surface area contributed by atoms with Gasteiger partial charge in [-0.05, 0) is 86.6 Å². The third-order valence-corrected chi connectivity index (χ3v) is 7.63. The summed E-state index contributed by atoms with van der Waals surface area (Å²) in [5, 5.41) is 2.29. The molecule has 0 amide bonds. The molecule has 190 valence electrons. The Balaban J connectivity index is 1.19. The van der Waals surface area contributed by atoms with Gasteiger partial charge in [-0.25, -0.2) is 0 Å². The third-order valence-electron chi connectivity index (χ3n) is 7.63. The first kappa shape index (κ1) is 22.6. The fraction of sp³-hybridized carbons (Fsp3) is 0.0588. The van der Waals surface area contributed by atoms with Gasteiger partial charge in [-0.2, -0.15) is 0 Å². The summed E-state index contributed by atoms with van der Waals surface area (Å²) in [5.74, 6) is 0. The lowest BCUT2D eigenvalue weighted by Gasteiger charge is -2.10. The predicted molar refractivity (Wildman–Crippen MR) is 161 cm³/mol. The van der Waals surface area contributed by atoms with Crippen molar-refractivity contribution in [1.82, 2.24) is 29.1 Å². The van der Waals surface area contributed by atoms with Gasteiger partial charge >= 0.3 is 0 Å². The molecule has 0 fully saturated rings. The average molecular weight is 517 g/mol. The molecule has 0 spiro atoms. The molecule has 6 aromatic heterocycles. The minimum atomic E-state index is 0.824. The lowest BCUT2D eigenvalue weighted by molar-refractivity contribution is 1.12. The first-order valence-electron chi connectivity index (χ1n) is 13.3. The monoisotopic (exact) mass is 516 g/mol. The highest BCUT2D eigenvalue weighted by atomic mass is 15.0. The van der Waals surface area contributed by atoms with Crippen LogP contribution in [-0.2, 0) is 0 Å². The van der Waals surface area contributed by atoms with Crippen molar-refractivity contribution in [3.8, 4) is 22.8 Å². The number of pyridine rings is 4. The molecule has 0 aliphatic heterocycles. The number of hydrogen-bond acceptors (Lipinski definition) is 4. The molecule has 0 saturated carbocycles. The summed E-state index contributed by atoms with van der Waals surface area (Å²) in [6.45, 7) is 4.22. The molecule has 0 atom stereocenters. The maximum Gasteiger partial charge on any atom is 0.0963 e. The molecular weight excluding hydrogens is 492 g/mol. The van der Waals surface area contributed by atoms with Gasteiger partial charge in [-0.1, -0.05) is 23.3 Å². The van der Waals surface area contributed by atoms with Gasteiger partial charge in [0.25, 0.3) is 0 Å². The van der Waals surface area contributed by atoms with Gasteiger partial charge in [0.15, 0.2) is 0 Å². The van der Waals surface area contributed by atoms with Crippen LogP contribution in [0.2, 0.25) is 0 Å². The van der Waals surface area contributed by atoms with E-state index in [0.29, 0.717) is 0 Å². The summed E-state index contributed by atoms with van der Waals surface area (Å²) in [5.41, 5.74) is 12.4. The Labute approximate surface area is 230 Å². The fourth-order valence-electron chi connectivity index (χ4n) is 5.79. The van der Waals surface area contributed by atoms with Crippen LogP contribution in [0.3, 0.4) is 0 Å². The quantitative estimate of drug-likeness (QED) is 0.241. The maximum atomic E-state index is 4.82. The van der Waals surface area contributed by atoms with Crippen LogP contribution < -0.4 is 0 Å². The van der Waals surface area contributed by atoms with Crippen molar-refractivity contribution in [2.75, 3.05) is 0 Å².